The van der Waals surface area contributed by atoms with Crippen molar-refractivity contribution in [2.75, 3.05) is 0 Å². The van der Waals surface area contributed by atoms with E-state index in [-0.39, 0.29) is 0 Å². The molecule has 0 heterocycles. The smallest absolute Gasteiger partial charge is 0.0478 e. The van der Waals surface area contributed by atoms with Crippen LogP contribution in [0.1, 0.15) is 0 Å². The Morgan fingerprint density at radius 3 is 3.00 bits per heavy atom. The summed E-state index contributed by atoms with van der Waals surface area (Å²) in [5, 5.41) is 6.52. The predicted octanol–water partition coefficient (Wildman–Crippen LogP) is 0.920. The molecular formula is C4H6N2S. The Balaban J connectivity index is 3.40. The Morgan fingerprint density at radius 2 is 2.57 bits per heavy atom. The first-order chi connectivity index (χ1) is 3.41. The highest BCUT2D eigenvalue weighted by molar-refractivity contribution is 8.00. The molecule has 0 aliphatic heterocycles. The number of hydrogen-bond donors (Lipinski definition) is 1. The summed E-state index contributed by atoms with van der Waals surface area (Å²) >= 11 is 1.06. The third-order valence-corrected chi connectivity index (χ3v) is 0.528. The zero-order chi connectivity index (χ0) is 5.54. The second-order valence-corrected chi connectivity index (χ2v) is 1.20. The molecule has 7 heavy (non-hydrogen) atoms. The number of nitrogens with zero attached hydrogens (tertiary/aromatic N) is 1. The topological polar surface area (TPSA) is 38.4 Å². The SMILES string of the molecule is C=CN=C=CSN. The van der Waals surface area contributed by atoms with Crippen LogP contribution in [0, 0.1) is 0 Å². The highest BCUT2D eigenvalue weighted by atomic mass is 32.2. The van der Waals surface area contributed by atoms with Gasteiger partial charge in [-0.05, 0) is 17.8 Å². The van der Waals surface area contributed by atoms with Gasteiger partial charge < -0.3 is 0 Å². The number of rotatable bonds is 2. The van der Waals surface area contributed by atoms with Gasteiger partial charge in [0.05, 0.1) is 0 Å². The molecule has 0 saturated carbocycles. The fraction of sp³-hybridized carbons (Fsp3) is 0. The van der Waals surface area contributed by atoms with E-state index in [1.54, 1.807) is 5.41 Å². The summed E-state index contributed by atoms with van der Waals surface area (Å²) in [4.78, 5) is 3.52. The fourth-order valence-corrected chi connectivity index (χ4v) is 0.235. The van der Waals surface area contributed by atoms with Gasteiger partial charge in [-0.3, -0.25) is 5.14 Å². The van der Waals surface area contributed by atoms with Crippen molar-refractivity contribution in [1.82, 2.24) is 0 Å². The Morgan fingerprint density at radius 1 is 1.86 bits per heavy atom. The number of aliphatic imine (C=N–C) groups is 1. The van der Waals surface area contributed by atoms with Gasteiger partial charge in [-0.1, -0.05) is 6.58 Å². The van der Waals surface area contributed by atoms with Crippen LogP contribution in [-0.4, -0.2) is 5.87 Å². The van der Waals surface area contributed by atoms with Crippen molar-refractivity contribution in [3.8, 4) is 0 Å². The molecule has 0 radical (unpaired) electrons. The zero-order valence-electron chi connectivity index (χ0n) is 3.79. The molecule has 3 heteroatoms. The molecule has 0 amide bonds. The second kappa shape index (κ2) is 5.50. The van der Waals surface area contributed by atoms with Crippen molar-refractivity contribution in [2.45, 2.75) is 0 Å². The van der Waals surface area contributed by atoms with E-state index >= 15 is 0 Å². The van der Waals surface area contributed by atoms with Gasteiger partial charge in [0, 0.05) is 11.6 Å². The number of hydrogen-bond acceptors (Lipinski definition) is 3. The molecule has 0 atom stereocenters. The molecule has 2 N–H and O–H groups in total. The molecule has 0 rings (SSSR count). The summed E-state index contributed by atoms with van der Waals surface area (Å²) < 4.78 is 0. The summed E-state index contributed by atoms with van der Waals surface area (Å²) in [5.74, 6) is 2.50. The number of nitrogens with two attached hydrogens (primary N) is 1. The molecule has 0 aromatic heterocycles. The van der Waals surface area contributed by atoms with Crippen LogP contribution < -0.4 is 5.14 Å². The van der Waals surface area contributed by atoms with Gasteiger partial charge in [0.2, 0.25) is 0 Å². The minimum atomic E-state index is 1.06. The van der Waals surface area contributed by atoms with Gasteiger partial charge in [0.25, 0.3) is 0 Å². The quantitative estimate of drug-likeness (QED) is 0.428. The van der Waals surface area contributed by atoms with Gasteiger partial charge in [-0.15, -0.1) is 0 Å². The van der Waals surface area contributed by atoms with Crippen LogP contribution in [-0.2, 0) is 0 Å². The van der Waals surface area contributed by atoms with Crippen LogP contribution in [0.15, 0.2) is 23.2 Å². The summed E-state index contributed by atoms with van der Waals surface area (Å²) in [6, 6.07) is 0. The van der Waals surface area contributed by atoms with Crippen molar-refractivity contribution in [1.29, 1.82) is 0 Å². The molecule has 0 aliphatic carbocycles. The first kappa shape index (κ1) is 6.50. The molecule has 0 saturated heterocycles. The monoisotopic (exact) mass is 114 g/mol. The maximum Gasteiger partial charge on any atom is 0.0478 e. The first-order valence-electron chi connectivity index (χ1n) is 1.65. The van der Waals surface area contributed by atoms with Crippen molar-refractivity contribution in [3.63, 3.8) is 0 Å². The lowest BCUT2D eigenvalue weighted by Gasteiger charge is -1.64. The van der Waals surface area contributed by atoms with Gasteiger partial charge in [0.15, 0.2) is 0 Å². The fourth-order valence-electron chi connectivity index (χ4n) is 0.114. The highest BCUT2D eigenvalue weighted by Crippen LogP contribution is 1.78. The minimum Gasteiger partial charge on any atom is -0.274 e. The van der Waals surface area contributed by atoms with E-state index in [2.05, 4.69) is 17.4 Å². The van der Waals surface area contributed by atoms with Gasteiger partial charge in [-0.2, -0.15) is 0 Å². The lowest BCUT2D eigenvalue weighted by Crippen LogP contribution is -1.66. The second-order valence-electron chi connectivity index (χ2n) is 0.695. The highest BCUT2D eigenvalue weighted by Gasteiger charge is 1.54. The molecular weight excluding hydrogens is 108 g/mol. The lowest BCUT2D eigenvalue weighted by molar-refractivity contribution is 1.64. The molecule has 0 aromatic rings. The van der Waals surface area contributed by atoms with Crippen LogP contribution in [0.3, 0.4) is 0 Å². The van der Waals surface area contributed by atoms with E-state index in [1.807, 2.05) is 0 Å². The Bertz CT molecular complexity index is 102. The third kappa shape index (κ3) is 5.50. The lowest BCUT2D eigenvalue weighted by atomic mass is 11.0. The summed E-state index contributed by atoms with van der Waals surface area (Å²) in [7, 11) is 0. The predicted molar refractivity (Wildman–Crippen MR) is 34.0 cm³/mol. The van der Waals surface area contributed by atoms with Gasteiger partial charge in [0.1, 0.15) is 0 Å². The van der Waals surface area contributed by atoms with Crippen molar-refractivity contribution in [2.24, 2.45) is 10.1 Å². The van der Waals surface area contributed by atoms with E-state index in [1.165, 1.54) is 6.20 Å². The van der Waals surface area contributed by atoms with Crippen LogP contribution >= 0.6 is 11.9 Å². The molecule has 0 fully saturated rings. The maximum atomic E-state index is 4.97. The Labute approximate surface area is 46.9 Å². The first-order valence-corrected chi connectivity index (χ1v) is 2.59. The largest absolute Gasteiger partial charge is 0.274 e. The molecule has 0 spiro atoms. The van der Waals surface area contributed by atoms with Crippen LogP contribution in [0.2, 0.25) is 0 Å². The minimum absolute atomic E-state index is 1.06. The summed E-state index contributed by atoms with van der Waals surface area (Å²) in [6.07, 6.45) is 1.40. The summed E-state index contributed by atoms with van der Waals surface area (Å²) in [6.45, 7) is 3.33. The third-order valence-electron chi connectivity index (χ3n) is 0.287. The van der Waals surface area contributed by atoms with Crippen LogP contribution in [0.25, 0.3) is 0 Å². The normalized spacial score (nSPS) is 6.43. The van der Waals surface area contributed by atoms with Gasteiger partial charge in [-0.25, -0.2) is 4.99 Å². The Kier molecular flexibility index (Phi) is 5.11. The molecule has 2 nitrogen and oxygen atoms in total. The van der Waals surface area contributed by atoms with Crippen molar-refractivity contribution in [3.05, 3.63) is 18.2 Å². The average Bonchev–Trinajstić information content (AvgIpc) is 1.69. The van der Waals surface area contributed by atoms with Crippen molar-refractivity contribution >= 4 is 17.8 Å². The molecule has 0 bridgehead atoms. The van der Waals surface area contributed by atoms with Crippen LogP contribution in [0.4, 0.5) is 0 Å². The maximum absolute atomic E-state index is 4.97. The molecule has 0 aliphatic rings. The van der Waals surface area contributed by atoms with E-state index in [0.717, 1.165) is 11.9 Å². The van der Waals surface area contributed by atoms with E-state index < -0.39 is 0 Å². The standard InChI is InChI=1S/C4H6N2S/c1-2-6-3-4-7-5/h2,4H,1,5H2. The Hall–Kier alpha value is -0.500. The molecule has 0 unspecified atom stereocenters. The van der Waals surface area contributed by atoms with E-state index in [0.29, 0.717) is 0 Å². The molecule has 0 aromatic carbocycles. The van der Waals surface area contributed by atoms with Gasteiger partial charge >= 0.3 is 0 Å². The van der Waals surface area contributed by atoms with Crippen molar-refractivity contribution < 1.29 is 0 Å². The van der Waals surface area contributed by atoms with E-state index in [4.69, 9.17) is 5.14 Å². The van der Waals surface area contributed by atoms with Crippen LogP contribution in [0.5, 0.6) is 0 Å². The zero-order valence-corrected chi connectivity index (χ0v) is 4.61. The molecule has 38 valence electrons. The van der Waals surface area contributed by atoms with E-state index in [9.17, 15) is 0 Å². The average molecular weight is 114 g/mol. The summed E-state index contributed by atoms with van der Waals surface area (Å²) in [5.41, 5.74) is 0.